The van der Waals surface area contributed by atoms with E-state index in [0.29, 0.717) is 0 Å². The fourth-order valence-electron chi connectivity index (χ4n) is 2.40. The minimum Gasteiger partial charge on any atom is -0.300 e. The number of carbonyl (C=O) groups excluding carboxylic acids is 1. The fraction of sp³-hybridized carbons (Fsp3) is 0.923. The lowest BCUT2D eigenvalue weighted by molar-refractivity contribution is -0.130. The van der Waals surface area contributed by atoms with Gasteiger partial charge in [-0.2, -0.15) is 0 Å². The Morgan fingerprint density at radius 3 is 2.00 bits per heavy atom. The van der Waals surface area contributed by atoms with E-state index < -0.39 is 5.41 Å². The first-order chi connectivity index (χ1) is 8.16. The molecule has 5 heteroatoms. The summed E-state index contributed by atoms with van der Waals surface area (Å²) < 4.78 is 0. The molecule has 1 saturated heterocycles. The highest BCUT2D eigenvalue weighted by molar-refractivity contribution is 5.81. The van der Waals surface area contributed by atoms with Gasteiger partial charge in [0.1, 0.15) is 0 Å². The predicted molar refractivity (Wildman–Crippen MR) is 73.9 cm³/mol. The van der Waals surface area contributed by atoms with E-state index in [1.54, 1.807) is 0 Å². The first-order valence-corrected chi connectivity index (χ1v) is 6.65. The topological polar surface area (TPSA) is 61.6 Å². The second-order valence-corrected chi connectivity index (χ2v) is 6.79. The van der Waals surface area contributed by atoms with Crippen LogP contribution in [0.3, 0.4) is 0 Å². The third-order valence-corrected chi connectivity index (χ3v) is 3.69. The van der Waals surface area contributed by atoms with E-state index in [0.717, 1.165) is 32.7 Å². The van der Waals surface area contributed by atoms with Gasteiger partial charge in [-0.05, 0) is 34.6 Å². The smallest absolute Gasteiger partial charge is 0.240 e. The summed E-state index contributed by atoms with van der Waals surface area (Å²) in [6.45, 7) is 15.5. The Bertz CT molecular complexity index is 288. The maximum atomic E-state index is 11.7. The van der Waals surface area contributed by atoms with Crippen molar-refractivity contribution in [3.63, 3.8) is 0 Å². The summed E-state index contributed by atoms with van der Waals surface area (Å²) in [4.78, 5) is 16.5. The lowest BCUT2D eigenvalue weighted by Gasteiger charge is -2.43. The van der Waals surface area contributed by atoms with Crippen LogP contribution in [0.5, 0.6) is 0 Å². The molecule has 0 atom stereocenters. The number of amides is 1. The summed E-state index contributed by atoms with van der Waals surface area (Å²) in [7, 11) is 0. The maximum Gasteiger partial charge on any atom is 0.240 e. The Morgan fingerprint density at radius 2 is 1.61 bits per heavy atom. The summed E-state index contributed by atoms with van der Waals surface area (Å²) >= 11 is 0. The largest absolute Gasteiger partial charge is 0.300 e. The molecule has 3 N–H and O–H groups in total. The molecular formula is C13H28N4O. The van der Waals surface area contributed by atoms with Crippen LogP contribution >= 0.6 is 0 Å². The van der Waals surface area contributed by atoms with E-state index in [2.05, 4.69) is 36.0 Å². The van der Waals surface area contributed by atoms with Gasteiger partial charge in [0.2, 0.25) is 5.91 Å². The fourth-order valence-corrected chi connectivity index (χ4v) is 2.40. The van der Waals surface area contributed by atoms with Crippen LogP contribution in [-0.4, -0.2) is 54.0 Å². The van der Waals surface area contributed by atoms with Crippen LogP contribution in [0.1, 0.15) is 34.6 Å². The Morgan fingerprint density at radius 1 is 1.11 bits per heavy atom. The molecule has 0 aromatic rings. The summed E-state index contributed by atoms with van der Waals surface area (Å²) in [5.41, 5.74) is 2.05. The molecule has 1 rings (SSSR count). The van der Waals surface area contributed by atoms with E-state index in [1.807, 2.05) is 13.8 Å². The summed E-state index contributed by atoms with van der Waals surface area (Å²) in [5, 5.41) is 0. The molecule has 1 heterocycles. The summed E-state index contributed by atoms with van der Waals surface area (Å²) in [6, 6.07) is 0. The lowest BCUT2D eigenvalue weighted by Crippen LogP contribution is -2.56. The molecule has 0 spiro atoms. The Labute approximate surface area is 111 Å². The average molecular weight is 256 g/mol. The van der Waals surface area contributed by atoms with Gasteiger partial charge in [0.15, 0.2) is 0 Å². The van der Waals surface area contributed by atoms with Gasteiger partial charge in [-0.1, -0.05) is 0 Å². The SMILES string of the molecule is CC(C)(CN1CCN(C(C)(C)C)CC1)C(=O)NN. The number of nitrogens with zero attached hydrogens (tertiary/aromatic N) is 2. The van der Waals surface area contributed by atoms with Gasteiger partial charge < -0.3 is 0 Å². The van der Waals surface area contributed by atoms with Crippen molar-refractivity contribution in [1.29, 1.82) is 0 Å². The highest BCUT2D eigenvalue weighted by Gasteiger charge is 2.32. The predicted octanol–water partition coefficient (Wildman–Crippen LogP) is 0.419. The zero-order chi connectivity index (χ0) is 14.0. The summed E-state index contributed by atoms with van der Waals surface area (Å²) in [6.07, 6.45) is 0. The zero-order valence-corrected chi connectivity index (χ0v) is 12.4. The van der Waals surface area contributed by atoms with Gasteiger partial charge in [-0.25, -0.2) is 5.84 Å². The molecule has 0 unspecified atom stereocenters. The zero-order valence-electron chi connectivity index (χ0n) is 12.4. The van der Waals surface area contributed by atoms with Crippen LogP contribution in [0, 0.1) is 5.41 Å². The standard InChI is InChI=1S/C13H28N4O/c1-12(2,3)17-8-6-16(7-9-17)10-13(4,5)11(18)15-14/h6-10,14H2,1-5H3,(H,15,18). The van der Waals surface area contributed by atoms with Gasteiger partial charge in [-0.3, -0.25) is 20.0 Å². The highest BCUT2D eigenvalue weighted by Crippen LogP contribution is 2.20. The van der Waals surface area contributed by atoms with Gasteiger partial charge >= 0.3 is 0 Å². The van der Waals surface area contributed by atoms with E-state index >= 15 is 0 Å². The molecule has 106 valence electrons. The van der Waals surface area contributed by atoms with Crippen LogP contribution < -0.4 is 11.3 Å². The second kappa shape index (κ2) is 5.55. The van der Waals surface area contributed by atoms with Crippen LogP contribution in [-0.2, 0) is 4.79 Å². The van der Waals surface area contributed by atoms with Gasteiger partial charge in [0.25, 0.3) is 0 Å². The molecule has 18 heavy (non-hydrogen) atoms. The van der Waals surface area contributed by atoms with Crippen LogP contribution in [0.2, 0.25) is 0 Å². The number of hydrazine groups is 1. The normalized spacial score (nSPS) is 19.9. The molecule has 0 bridgehead atoms. The third-order valence-electron chi connectivity index (χ3n) is 3.69. The average Bonchev–Trinajstić information content (AvgIpc) is 2.26. The van der Waals surface area contributed by atoms with Crippen molar-refractivity contribution in [1.82, 2.24) is 15.2 Å². The lowest BCUT2D eigenvalue weighted by atomic mass is 9.91. The number of hydrogen-bond acceptors (Lipinski definition) is 4. The number of hydrogen-bond donors (Lipinski definition) is 2. The molecule has 0 aromatic carbocycles. The Hall–Kier alpha value is -0.650. The molecule has 0 radical (unpaired) electrons. The van der Waals surface area contributed by atoms with Crippen LogP contribution in [0.25, 0.3) is 0 Å². The molecule has 1 aliphatic rings. The highest BCUT2D eigenvalue weighted by atomic mass is 16.2. The van der Waals surface area contributed by atoms with Crippen LogP contribution in [0.4, 0.5) is 0 Å². The molecule has 5 nitrogen and oxygen atoms in total. The number of rotatable bonds is 3. The third kappa shape index (κ3) is 3.93. The van der Waals surface area contributed by atoms with Gasteiger partial charge in [-0.15, -0.1) is 0 Å². The van der Waals surface area contributed by atoms with E-state index in [-0.39, 0.29) is 11.4 Å². The van der Waals surface area contributed by atoms with E-state index in [9.17, 15) is 4.79 Å². The molecule has 0 aliphatic carbocycles. The number of carbonyl (C=O) groups is 1. The van der Waals surface area contributed by atoms with Crippen molar-refractivity contribution in [2.24, 2.45) is 11.3 Å². The second-order valence-electron chi connectivity index (χ2n) is 6.79. The first kappa shape index (κ1) is 15.4. The van der Waals surface area contributed by atoms with Crippen molar-refractivity contribution >= 4 is 5.91 Å². The monoisotopic (exact) mass is 256 g/mol. The van der Waals surface area contributed by atoms with Crippen molar-refractivity contribution in [3.05, 3.63) is 0 Å². The quantitative estimate of drug-likeness (QED) is 0.436. The van der Waals surface area contributed by atoms with E-state index in [4.69, 9.17) is 5.84 Å². The molecular weight excluding hydrogens is 228 g/mol. The molecule has 1 fully saturated rings. The van der Waals surface area contributed by atoms with Gasteiger partial charge in [0, 0.05) is 38.3 Å². The number of nitrogens with two attached hydrogens (primary N) is 1. The number of nitrogens with one attached hydrogen (secondary N) is 1. The van der Waals surface area contributed by atoms with E-state index in [1.165, 1.54) is 0 Å². The van der Waals surface area contributed by atoms with Crippen molar-refractivity contribution in [2.45, 2.75) is 40.2 Å². The van der Waals surface area contributed by atoms with Gasteiger partial charge in [0.05, 0.1) is 5.41 Å². The Kier molecular flexibility index (Phi) is 4.75. The maximum absolute atomic E-state index is 11.7. The molecule has 0 aromatic heterocycles. The first-order valence-electron chi connectivity index (χ1n) is 6.65. The Balaban J connectivity index is 2.47. The molecule has 0 saturated carbocycles. The molecule has 1 amide bonds. The summed E-state index contributed by atoms with van der Waals surface area (Å²) in [5.74, 6) is 5.12. The van der Waals surface area contributed by atoms with Crippen molar-refractivity contribution in [3.8, 4) is 0 Å². The number of piperazine rings is 1. The minimum absolute atomic E-state index is 0.0965. The molecule has 1 aliphatic heterocycles. The van der Waals surface area contributed by atoms with Crippen molar-refractivity contribution in [2.75, 3.05) is 32.7 Å². The van der Waals surface area contributed by atoms with Crippen LogP contribution in [0.15, 0.2) is 0 Å². The van der Waals surface area contributed by atoms with Crippen molar-refractivity contribution < 1.29 is 4.79 Å². The minimum atomic E-state index is -0.432.